The summed E-state index contributed by atoms with van der Waals surface area (Å²) in [6.45, 7) is 20.1. The van der Waals surface area contributed by atoms with Crippen molar-refractivity contribution in [3.05, 3.63) is 0 Å². The predicted molar refractivity (Wildman–Crippen MR) is 126 cm³/mol. The second-order valence-electron chi connectivity index (χ2n) is 5.56. The van der Waals surface area contributed by atoms with Gasteiger partial charge in [-0.2, -0.15) is 0 Å². The van der Waals surface area contributed by atoms with E-state index in [-0.39, 0.29) is 21.1 Å². The Morgan fingerprint density at radius 3 is 0.862 bits per heavy atom. The van der Waals surface area contributed by atoms with Crippen molar-refractivity contribution in [1.29, 1.82) is 0 Å². The van der Waals surface area contributed by atoms with Gasteiger partial charge in [-0.25, -0.2) is 0 Å². The summed E-state index contributed by atoms with van der Waals surface area (Å²) in [5, 5.41) is 0. The SMILES string of the molecule is CCC[CH2][Sn+2][CH2]CCC.CCO[Si-](OCC)OCC.CCO[Si-](OCC)OCC. The van der Waals surface area contributed by atoms with Gasteiger partial charge in [0.25, 0.3) is 0 Å². The zero-order valence-corrected chi connectivity index (χ0v) is 25.3. The van der Waals surface area contributed by atoms with Gasteiger partial charge in [-0.3, -0.25) is 0 Å². The molecule has 0 saturated heterocycles. The first-order valence-electron chi connectivity index (χ1n) is 11.3. The Bertz CT molecular complexity index is 217. The van der Waals surface area contributed by atoms with E-state index in [0.29, 0.717) is 39.6 Å². The van der Waals surface area contributed by atoms with E-state index in [1.54, 1.807) is 8.87 Å². The molecule has 0 aliphatic carbocycles. The third-order valence-electron chi connectivity index (χ3n) is 2.99. The fourth-order valence-corrected chi connectivity index (χ4v) is 7.76. The van der Waals surface area contributed by atoms with Crippen LogP contribution in [0.25, 0.3) is 0 Å². The van der Waals surface area contributed by atoms with Crippen molar-refractivity contribution in [2.75, 3.05) is 39.6 Å². The van der Waals surface area contributed by atoms with Crippen molar-refractivity contribution in [3.63, 3.8) is 0 Å². The zero-order chi connectivity index (χ0) is 22.6. The molecule has 0 unspecified atom stereocenters. The van der Waals surface area contributed by atoms with Gasteiger partial charge >= 0.3 is 69.5 Å². The first-order valence-corrected chi connectivity index (χ1v) is 17.8. The van der Waals surface area contributed by atoms with Gasteiger partial charge in [0, 0.05) is 39.6 Å². The van der Waals surface area contributed by atoms with Gasteiger partial charge in [0.15, 0.2) is 0 Å². The van der Waals surface area contributed by atoms with Crippen LogP contribution in [-0.4, -0.2) is 79.8 Å². The van der Waals surface area contributed by atoms with E-state index < -0.39 is 19.1 Å². The molecule has 0 aromatic carbocycles. The van der Waals surface area contributed by atoms with Gasteiger partial charge in [0.1, 0.15) is 0 Å². The van der Waals surface area contributed by atoms with E-state index in [2.05, 4.69) is 13.8 Å². The minimum Gasteiger partial charge on any atom is -0.542 e. The molecule has 0 N–H and O–H groups in total. The summed E-state index contributed by atoms with van der Waals surface area (Å²) in [6.07, 6.45) is 5.84. The maximum atomic E-state index is 5.18. The summed E-state index contributed by atoms with van der Waals surface area (Å²) in [7, 11) is -2.79. The third-order valence-corrected chi connectivity index (χ3v) is 10.2. The van der Waals surface area contributed by atoms with Crippen molar-refractivity contribution in [2.24, 2.45) is 0 Å². The normalized spacial score (nSPS) is 10.3. The van der Waals surface area contributed by atoms with Gasteiger partial charge in [0.05, 0.1) is 0 Å². The number of unbranched alkanes of at least 4 members (excludes halogenated alkanes) is 2. The van der Waals surface area contributed by atoms with E-state index in [1.165, 1.54) is 25.7 Å². The molecular formula is C20H48O6Si2Sn. The molecule has 0 spiro atoms. The molecule has 29 heavy (non-hydrogen) atoms. The molecule has 0 fully saturated rings. The Kier molecular flexibility index (Phi) is 40.1. The van der Waals surface area contributed by atoms with Crippen molar-refractivity contribution in [1.82, 2.24) is 0 Å². The third kappa shape index (κ3) is 33.8. The first-order chi connectivity index (χ1) is 14.1. The van der Waals surface area contributed by atoms with E-state index >= 15 is 0 Å². The van der Waals surface area contributed by atoms with Crippen molar-refractivity contribution < 1.29 is 26.6 Å². The molecule has 0 aliphatic rings. The van der Waals surface area contributed by atoms with Crippen LogP contribution in [-0.2, 0) is 26.6 Å². The fourth-order valence-electron chi connectivity index (χ4n) is 1.69. The molecule has 0 atom stereocenters. The topological polar surface area (TPSA) is 55.4 Å². The van der Waals surface area contributed by atoms with Crippen LogP contribution in [0, 0.1) is 0 Å². The van der Waals surface area contributed by atoms with Crippen LogP contribution < -0.4 is 0 Å². The van der Waals surface area contributed by atoms with Crippen molar-refractivity contribution in [3.8, 4) is 0 Å². The Balaban J connectivity index is -0.000000350. The van der Waals surface area contributed by atoms with Crippen LogP contribution in [0.15, 0.2) is 0 Å². The Labute approximate surface area is 195 Å². The van der Waals surface area contributed by atoms with Crippen LogP contribution in [0.4, 0.5) is 0 Å². The Morgan fingerprint density at radius 2 is 0.690 bits per heavy atom. The average Bonchev–Trinajstić information content (AvgIpc) is 2.70. The minimum atomic E-state index is -1.40. The van der Waals surface area contributed by atoms with Crippen molar-refractivity contribution in [2.45, 2.75) is 89.9 Å². The second-order valence-corrected chi connectivity index (χ2v) is 12.6. The molecule has 0 aromatic heterocycles. The average molecular weight is 559 g/mol. The van der Waals surface area contributed by atoms with E-state index in [1.807, 2.05) is 41.5 Å². The molecule has 6 nitrogen and oxygen atoms in total. The second kappa shape index (κ2) is 33.6. The maximum Gasteiger partial charge on any atom is 0.215 e. The molecule has 9 heteroatoms. The monoisotopic (exact) mass is 560 g/mol. The first kappa shape index (κ1) is 34.6. The number of rotatable bonds is 18. The molecule has 0 saturated carbocycles. The molecule has 0 bridgehead atoms. The van der Waals surface area contributed by atoms with Gasteiger partial charge in [-0.05, 0) is 41.5 Å². The summed E-state index contributed by atoms with van der Waals surface area (Å²) in [4.78, 5) is 0. The van der Waals surface area contributed by atoms with Gasteiger partial charge < -0.3 is 26.6 Å². The molecule has 0 aliphatic heterocycles. The minimum absolute atomic E-state index is 0.149. The van der Waals surface area contributed by atoms with Gasteiger partial charge in [0.2, 0.25) is 19.1 Å². The molecule has 0 amide bonds. The summed E-state index contributed by atoms with van der Waals surface area (Å²) in [5.74, 6) is 0. The Morgan fingerprint density at radius 1 is 0.448 bits per heavy atom. The van der Waals surface area contributed by atoms with Crippen LogP contribution in [0.3, 0.4) is 0 Å². The number of hydrogen-bond donors (Lipinski definition) is 0. The molecule has 0 radical (unpaired) electrons. The van der Waals surface area contributed by atoms with Crippen LogP contribution in [0.2, 0.25) is 8.87 Å². The summed E-state index contributed by atoms with van der Waals surface area (Å²) < 4.78 is 34.3. The van der Waals surface area contributed by atoms with Crippen LogP contribution >= 0.6 is 0 Å². The Hall–Kier alpha value is 0.992. The standard InChI is InChI=1S/2C6H15O3Si.2C4H9.Sn/c2*1-4-7-10(8-5-2)9-6-3;2*1-3-4-2;/h2*4-6H2,1-3H3;2*1,3-4H2,2H3;/q2*-1;;;+2. The fraction of sp³-hybridized carbons (Fsp3) is 1.00. The molecule has 176 valence electrons. The van der Waals surface area contributed by atoms with E-state index in [0.717, 1.165) is 0 Å². The van der Waals surface area contributed by atoms with Gasteiger partial charge in [-0.15, -0.1) is 0 Å². The van der Waals surface area contributed by atoms with E-state index in [4.69, 9.17) is 26.6 Å². The van der Waals surface area contributed by atoms with Crippen molar-refractivity contribution >= 4 is 40.2 Å². The largest absolute Gasteiger partial charge is 0.542 e. The summed E-state index contributed by atoms with van der Waals surface area (Å²) in [6, 6.07) is 0. The molecule has 0 aromatic rings. The van der Waals surface area contributed by atoms with Gasteiger partial charge in [-0.1, -0.05) is 0 Å². The molecular weight excluding hydrogens is 511 g/mol. The summed E-state index contributed by atoms with van der Waals surface area (Å²) in [5.41, 5.74) is 0. The molecule has 0 heterocycles. The van der Waals surface area contributed by atoms with Crippen LogP contribution in [0.1, 0.15) is 81.1 Å². The molecule has 0 rings (SSSR count). The summed E-state index contributed by atoms with van der Waals surface area (Å²) >= 11 is 0.149. The number of hydrogen-bond acceptors (Lipinski definition) is 6. The maximum absolute atomic E-state index is 5.18. The smallest absolute Gasteiger partial charge is 0.215 e. The quantitative estimate of drug-likeness (QED) is 0.168. The predicted octanol–water partition coefficient (Wildman–Crippen LogP) is 5.29. The van der Waals surface area contributed by atoms with E-state index in [9.17, 15) is 0 Å². The van der Waals surface area contributed by atoms with Crippen LogP contribution in [0.5, 0.6) is 0 Å². The zero-order valence-electron chi connectivity index (χ0n) is 20.4.